The molecule has 0 aromatic carbocycles. The van der Waals surface area contributed by atoms with Crippen molar-refractivity contribution in [3.63, 3.8) is 0 Å². The van der Waals surface area contributed by atoms with Gasteiger partial charge in [-0.15, -0.1) is 0 Å². The highest BCUT2D eigenvalue weighted by atomic mass is 16.5. The molecule has 4 heterocycles. The minimum Gasteiger partial charge on any atom is -0.477 e. The number of rotatable bonds is 8. The van der Waals surface area contributed by atoms with Gasteiger partial charge in [-0.2, -0.15) is 10.2 Å². The molecule has 8 nitrogen and oxygen atoms in total. The van der Waals surface area contributed by atoms with Gasteiger partial charge in [0.15, 0.2) is 0 Å². The third kappa shape index (κ3) is 3.97. The van der Waals surface area contributed by atoms with Crippen LogP contribution in [0.5, 0.6) is 5.88 Å². The summed E-state index contributed by atoms with van der Waals surface area (Å²) in [7, 11) is 0. The van der Waals surface area contributed by atoms with E-state index in [1.807, 2.05) is 32.2 Å². The zero-order valence-corrected chi connectivity index (χ0v) is 18.7. The van der Waals surface area contributed by atoms with E-state index in [2.05, 4.69) is 51.5 Å². The molecule has 0 spiro atoms. The molecule has 0 aliphatic rings. The number of aromatic nitrogens is 6. The number of aromatic amines is 2. The summed E-state index contributed by atoms with van der Waals surface area (Å²) < 4.78 is 5.97. The maximum absolute atomic E-state index is 5.97. The third-order valence-corrected chi connectivity index (χ3v) is 5.34. The monoisotopic (exact) mass is 419 g/mol. The average molecular weight is 420 g/mol. The quantitative estimate of drug-likeness (QED) is 0.376. The predicted octanol–water partition coefficient (Wildman–Crippen LogP) is 4.88. The summed E-state index contributed by atoms with van der Waals surface area (Å²) in [6.07, 6.45) is 4.59. The van der Waals surface area contributed by atoms with Crippen LogP contribution in [-0.4, -0.2) is 37.0 Å². The normalized spacial score (nSPS) is 11.4. The zero-order valence-electron chi connectivity index (χ0n) is 18.7. The zero-order chi connectivity index (χ0) is 22.0. The fourth-order valence-electron chi connectivity index (χ4n) is 3.73. The molecule has 0 fully saturated rings. The number of aryl methyl sites for hydroxylation is 2. The molecule has 0 saturated carbocycles. The second-order valence-electron chi connectivity index (χ2n) is 8.00. The lowest BCUT2D eigenvalue weighted by Crippen LogP contribution is -2.09. The molecular formula is C23H29N7O. The van der Waals surface area contributed by atoms with Crippen molar-refractivity contribution in [3.05, 3.63) is 47.0 Å². The van der Waals surface area contributed by atoms with Crippen molar-refractivity contribution in [1.29, 1.82) is 0 Å². The smallest absolute Gasteiger partial charge is 0.222 e. The fourth-order valence-corrected chi connectivity index (χ4v) is 3.73. The first-order valence-corrected chi connectivity index (χ1v) is 10.7. The van der Waals surface area contributed by atoms with E-state index in [-0.39, 0.29) is 5.92 Å². The van der Waals surface area contributed by atoms with Crippen LogP contribution >= 0.6 is 0 Å². The number of hydrogen-bond donors (Lipinski definition) is 3. The molecule has 0 saturated heterocycles. The molecule has 0 amide bonds. The molecule has 8 heteroatoms. The average Bonchev–Trinajstić information content (AvgIpc) is 3.35. The van der Waals surface area contributed by atoms with Gasteiger partial charge < -0.3 is 10.1 Å². The number of nitrogens with zero attached hydrogens (tertiary/aromatic N) is 4. The van der Waals surface area contributed by atoms with Crippen LogP contribution < -0.4 is 10.1 Å². The van der Waals surface area contributed by atoms with Crippen LogP contribution in [0.4, 0.5) is 5.69 Å². The van der Waals surface area contributed by atoms with E-state index in [0.29, 0.717) is 19.0 Å². The predicted molar refractivity (Wildman–Crippen MR) is 122 cm³/mol. The summed E-state index contributed by atoms with van der Waals surface area (Å²) in [6.45, 7) is 11.7. The molecule has 31 heavy (non-hydrogen) atoms. The number of H-pyrrole nitrogens is 2. The van der Waals surface area contributed by atoms with E-state index in [9.17, 15) is 0 Å². The highest BCUT2D eigenvalue weighted by molar-refractivity contribution is 5.95. The van der Waals surface area contributed by atoms with Gasteiger partial charge in [0.2, 0.25) is 5.88 Å². The largest absolute Gasteiger partial charge is 0.477 e. The van der Waals surface area contributed by atoms with Crippen molar-refractivity contribution in [2.75, 3.05) is 11.9 Å². The van der Waals surface area contributed by atoms with Crippen LogP contribution in [0.15, 0.2) is 24.5 Å². The number of anilines is 1. The van der Waals surface area contributed by atoms with Gasteiger partial charge in [-0.25, -0.2) is 9.97 Å². The van der Waals surface area contributed by atoms with Gasteiger partial charge >= 0.3 is 0 Å². The Morgan fingerprint density at radius 3 is 2.71 bits per heavy atom. The lowest BCUT2D eigenvalue weighted by molar-refractivity contribution is 0.306. The van der Waals surface area contributed by atoms with Crippen LogP contribution in [-0.2, 0) is 6.54 Å². The highest BCUT2D eigenvalue weighted by Gasteiger charge is 2.24. The maximum atomic E-state index is 5.97. The van der Waals surface area contributed by atoms with Gasteiger partial charge in [-0.1, -0.05) is 20.8 Å². The van der Waals surface area contributed by atoms with Crippen molar-refractivity contribution in [2.45, 2.75) is 53.5 Å². The van der Waals surface area contributed by atoms with Crippen LogP contribution in [0.1, 0.15) is 55.6 Å². The Bertz CT molecular complexity index is 1190. The molecule has 4 rings (SSSR count). The van der Waals surface area contributed by atoms with Crippen LogP contribution in [0, 0.1) is 13.8 Å². The van der Waals surface area contributed by atoms with Crippen molar-refractivity contribution < 1.29 is 4.74 Å². The van der Waals surface area contributed by atoms with Gasteiger partial charge in [0.1, 0.15) is 11.0 Å². The highest BCUT2D eigenvalue weighted by Crippen LogP contribution is 2.41. The number of hydrogen-bond acceptors (Lipinski definition) is 6. The number of ether oxygens (including phenoxy) is 1. The van der Waals surface area contributed by atoms with Crippen LogP contribution in [0.25, 0.3) is 22.3 Å². The first-order chi connectivity index (χ1) is 15.0. The van der Waals surface area contributed by atoms with Gasteiger partial charge in [-0.3, -0.25) is 10.2 Å². The Morgan fingerprint density at radius 1 is 1.16 bits per heavy atom. The number of fused-ring (bicyclic) bond motifs is 1. The Balaban J connectivity index is 1.91. The van der Waals surface area contributed by atoms with E-state index >= 15 is 0 Å². The van der Waals surface area contributed by atoms with E-state index in [4.69, 9.17) is 9.72 Å². The Kier molecular flexibility index (Phi) is 5.88. The number of pyridine rings is 2. The standard InChI is InChI=1S/C23H29N7O/c1-6-10-31-23-17(8-7-9-24-23)20-18(13(2)3)21(22-19(27-20)15(5)29-30-22)25-11-16-12-26-28-14(16)4/h7-9,12-13H,6,10-11H2,1-5H3,(H,25,27)(H,26,28)(H,29,30). The minimum absolute atomic E-state index is 0.205. The molecule has 0 atom stereocenters. The fraction of sp³-hybridized carbons (Fsp3) is 0.391. The third-order valence-electron chi connectivity index (χ3n) is 5.34. The first-order valence-electron chi connectivity index (χ1n) is 10.7. The van der Waals surface area contributed by atoms with Crippen LogP contribution in [0.3, 0.4) is 0 Å². The van der Waals surface area contributed by atoms with E-state index in [1.54, 1.807) is 6.20 Å². The SMILES string of the molecule is CCCOc1ncccc1-c1nc2c(C)[nH]nc2c(NCc2c[nH]nc2C)c1C(C)C. The van der Waals surface area contributed by atoms with Crippen LogP contribution in [0.2, 0.25) is 0 Å². The lowest BCUT2D eigenvalue weighted by Gasteiger charge is -2.20. The summed E-state index contributed by atoms with van der Waals surface area (Å²) in [6, 6.07) is 3.95. The van der Waals surface area contributed by atoms with Crippen molar-refractivity contribution in [3.8, 4) is 17.1 Å². The topological polar surface area (TPSA) is 104 Å². The van der Waals surface area contributed by atoms with E-state index in [0.717, 1.165) is 56.9 Å². The molecule has 0 radical (unpaired) electrons. The summed E-state index contributed by atoms with van der Waals surface area (Å²) in [4.78, 5) is 9.54. The van der Waals surface area contributed by atoms with Gasteiger partial charge in [0.25, 0.3) is 0 Å². The molecule has 0 bridgehead atoms. The van der Waals surface area contributed by atoms with E-state index < -0.39 is 0 Å². The summed E-state index contributed by atoms with van der Waals surface area (Å²) in [5.41, 5.74) is 8.53. The molecule has 0 aliphatic carbocycles. The minimum atomic E-state index is 0.205. The molecule has 162 valence electrons. The molecule has 4 aromatic rings. The Labute approximate surface area is 181 Å². The summed E-state index contributed by atoms with van der Waals surface area (Å²) >= 11 is 0. The molecule has 0 unspecified atom stereocenters. The van der Waals surface area contributed by atoms with Gasteiger partial charge in [0.05, 0.1) is 34.9 Å². The Hall–Kier alpha value is -3.42. The Morgan fingerprint density at radius 2 is 2.00 bits per heavy atom. The van der Waals surface area contributed by atoms with E-state index in [1.165, 1.54) is 0 Å². The number of nitrogens with one attached hydrogen (secondary N) is 3. The lowest BCUT2D eigenvalue weighted by atomic mass is 9.94. The molecule has 3 N–H and O–H groups in total. The summed E-state index contributed by atoms with van der Waals surface area (Å²) in [5.74, 6) is 0.812. The maximum Gasteiger partial charge on any atom is 0.222 e. The molecule has 0 aliphatic heterocycles. The van der Waals surface area contributed by atoms with Crippen molar-refractivity contribution >= 4 is 16.7 Å². The summed E-state index contributed by atoms with van der Waals surface area (Å²) in [5, 5.41) is 18.5. The molecular weight excluding hydrogens is 390 g/mol. The van der Waals surface area contributed by atoms with Crippen molar-refractivity contribution in [1.82, 2.24) is 30.4 Å². The second-order valence-corrected chi connectivity index (χ2v) is 8.00. The van der Waals surface area contributed by atoms with Gasteiger partial charge in [-0.05, 0) is 38.3 Å². The van der Waals surface area contributed by atoms with Gasteiger partial charge in [0, 0.05) is 30.1 Å². The van der Waals surface area contributed by atoms with Crippen molar-refractivity contribution in [2.24, 2.45) is 0 Å². The molecule has 4 aromatic heterocycles. The second kappa shape index (κ2) is 8.75. The first kappa shape index (κ1) is 20.8.